The molecule has 1 aliphatic rings. The van der Waals surface area contributed by atoms with Gasteiger partial charge in [-0.25, -0.2) is 9.67 Å². The van der Waals surface area contributed by atoms with E-state index in [1.807, 2.05) is 29.2 Å². The van der Waals surface area contributed by atoms with Crippen LogP contribution in [0.5, 0.6) is 0 Å². The zero-order valence-electron chi connectivity index (χ0n) is 17.9. The molecule has 0 atom stereocenters. The molecular formula is C24H30ClN5O. The molecule has 0 radical (unpaired) electrons. The van der Waals surface area contributed by atoms with Crippen molar-refractivity contribution in [1.82, 2.24) is 24.6 Å². The van der Waals surface area contributed by atoms with Crippen molar-refractivity contribution in [3.8, 4) is 5.69 Å². The number of aryl methyl sites for hydroxylation is 1. The molecule has 0 saturated carbocycles. The number of halogens is 1. The fraction of sp³-hybridized carbons (Fsp3) is 0.375. The van der Waals surface area contributed by atoms with E-state index in [0.29, 0.717) is 6.04 Å². The number of benzene rings is 2. The molecule has 0 spiro atoms. The number of nitrogens with zero attached hydrogens (tertiary/aromatic N) is 5. The second-order valence-electron chi connectivity index (χ2n) is 7.98. The van der Waals surface area contributed by atoms with E-state index in [9.17, 15) is 4.79 Å². The molecule has 0 N–H and O–H groups in total. The Morgan fingerprint density at radius 2 is 1.77 bits per heavy atom. The monoisotopic (exact) mass is 439 g/mol. The lowest BCUT2D eigenvalue weighted by Gasteiger charge is -2.37. The number of piperidine rings is 1. The predicted octanol–water partition coefficient (Wildman–Crippen LogP) is 3.86. The van der Waals surface area contributed by atoms with Crippen LogP contribution in [0.2, 0.25) is 0 Å². The summed E-state index contributed by atoms with van der Waals surface area (Å²) in [5.74, 6) is 0.116. The second kappa shape index (κ2) is 11.1. The molecule has 1 saturated heterocycles. The normalized spacial score (nSPS) is 14.5. The number of hydrogen-bond acceptors (Lipinski definition) is 4. The van der Waals surface area contributed by atoms with E-state index in [1.165, 1.54) is 11.9 Å². The fourth-order valence-corrected chi connectivity index (χ4v) is 4.15. The van der Waals surface area contributed by atoms with E-state index >= 15 is 0 Å². The first-order chi connectivity index (χ1) is 14.7. The molecule has 2 heterocycles. The van der Waals surface area contributed by atoms with Gasteiger partial charge in [0.25, 0.3) is 5.91 Å². The molecule has 0 bridgehead atoms. The van der Waals surface area contributed by atoms with Crippen molar-refractivity contribution in [3.05, 3.63) is 78.4 Å². The first kappa shape index (κ1) is 23.0. The number of amides is 1. The number of likely N-dealkylation sites (tertiary alicyclic amines) is 1. The van der Waals surface area contributed by atoms with Crippen molar-refractivity contribution in [3.63, 3.8) is 0 Å². The molecular weight excluding hydrogens is 410 g/mol. The molecule has 1 aromatic heterocycles. The fourth-order valence-electron chi connectivity index (χ4n) is 4.15. The average Bonchev–Trinajstić information content (AvgIpc) is 3.34. The van der Waals surface area contributed by atoms with Crippen molar-refractivity contribution in [2.24, 2.45) is 0 Å². The van der Waals surface area contributed by atoms with Crippen LogP contribution in [-0.4, -0.2) is 63.2 Å². The molecule has 0 aliphatic carbocycles. The molecule has 1 amide bonds. The van der Waals surface area contributed by atoms with Crippen molar-refractivity contribution in [1.29, 1.82) is 0 Å². The van der Waals surface area contributed by atoms with Crippen LogP contribution < -0.4 is 0 Å². The summed E-state index contributed by atoms with van der Waals surface area (Å²) >= 11 is 0. The molecule has 7 heteroatoms. The maximum absolute atomic E-state index is 12.9. The Labute approximate surface area is 190 Å². The van der Waals surface area contributed by atoms with Gasteiger partial charge in [-0.3, -0.25) is 4.79 Å². The SMILES string of the molecule is CN(CCCc1ccccc1)C1CCN(C(=O)c2ccc(-n3cncn3)cc2)CC1.Cl. The third-order valence-electron chi connectivity index (χ3n) is 5.99. The molecule has 31 heavy (non-hydrogen) atoms. The molecule has 3 aromatic rings. The van der Waals surface area contributed by atoms with E-state index in [1.54, 1.807) is 11.0 Å². The quantitative estimate of drug-likeness (QED) is 0.561. The molecule has 4 rings (SSSR count). The van der Waals surface area contributed by atoms with Crippen molar-refractivity contribution in [2.45, 2.75) is 31.7 Å². The third-order valence-corrected chi connectivity index (χ3v) is 5.99. The molecule has 0 unspecified atom stereocenters. The summed E-state index contributed by atoms with van der Waals surface area (Å²) in [5, 5.41) is 4.12. The standard InChI is InChI=1S/C24H29N5O.ClH/c1-27(15-5-8-20-6-3-2-4-7-20)22-13-16-28(17-14-22)24(30)21-9-11-23(12-10-21)29-19-25-18-26-29;/h2-4,6-7,9-12,18-19,22H,5,8,13-17H2,1H3;1H. The van der Waals surface area contributed by atoms with Crippen LogP contribution in [0.15, 0.2) is 67.3 Å². The lowest BCUT2D eigenvalue weighted by Crippen LogP contribution is -2.45. The second-order valence-corrected chi connectivity index (χ2v) is 7.98. The zero-order valence-corrected chi connectivity index (χ0v) is 18.7. The maximum atomic E-state index is 12.9. The summed E-state index contributed by atoms with van der Waals surface area (Å²) in [6.45, 7) is 2.73. The summed E-state index contributed by atoms with van der Waals surface area (Å²) in [6.07, 6.45) is 7.50. The minimum atomic E-state index is 0. The Kier molecular flexibility index (Phi) is 8.20. The molecule has 164 valence electrons. The van der Waals surface area contributed by atoms with Crippen LogP contribution in [0.4, 0.5) is 0 Å². The number of rotatable bonds is 7. The van der Waals surface area contributed by atoms with Crippen LogP contribution in [0.3, 0.4) is 0 Å². The summed E-state index contributed by atoms with van der Waals surface area (Å²) in [4.78, 5) is 21.3. The van der Waals surface area contributed by atoms with Crippen molar-refractivity contribution < 1.29 is 4.79 Å². The summed E-state index contributed by atoms with van der Waals surface area (Å²) < 4.78 is 1.69. The predicted molar refractivity (Wildman–Crippen MR) is 125 cm³/mol. The summed E-state index contributed by atoms with van der Waals surface area (Å²) in [5.41, 5.74) is 3.04. The lowest BCUT2D eigenvalue weighted by atomic mass is 10.0. The molecule has 2 aromatic carbocycles. The highest BCUT2D eigenvalue weighted by Gasteiger charge is 2.25. The molecule has 6 nitrogen and oxygen atoms in total. The van der Waals surface area contributed by atoms with Crippen LogP contribution in [0.25, 0.3) is 5.69 Å². The van der Waals surface area contributed by atoms with Crippen LogP contribution in [0, 0.1) is 0 Å². The van der Waals surface area contributed by atoms with Gasteiger partial charge in [-0.05, 0) is 69.1 Å². The van der Waals surface area contributed by atoms with Crippen LogP contribution in [0.1, 0.15) is 35.2 Å². The highest BCUT2D eigenvalue weighted by Crippen LogP contribution is 2.19. The zero-order chi connectivity index (χ0) is 20.8. The smallest absolute Gasteiger partial charge is 0.253 e. The van der Waals surface area contributed by atoms with E-state index < -0.39 is 0 Å². The Balaban J connectivity index is 0.00000272. The van der Waals surface area contributed by atoms with Gasteiger partial charge in [-0.15, -0.1) is 12.4 Å². The van der Waals surface area contributed by atoms with Gasteiger partial charge in [0, 0.05) is 24.7 Å². The highest BCUT2D eigenvalue weighted by molar-refractivity contribution is 5.94. The molecule has 1 aliphatic heterocycles. The first-order valence-corrected chi connectivity index (χ1v) is 10.7. The first-order valence-electron chi connectivity index (χ1n) is 10.7. The third kappa shape index (κ3) is 5.93. The van der Waals surface area contributed by atoms with Crippen molar-refractivity contribution in [2.75, 3.05) is 26.7 Å². The summed E-state index contributed by atoms with van der Waals surface area (Å²) in [7, 11) is 2.22. The minimum Gasteiger partial charge on any atom is -0.339 e. The van der Waals surface area contributed by atoms with Gasteiger partial charge in [0.05, 0.1) is 5.69 Å². The Morgan fingerprint density at radius 3 is 2.42 bits per heavy atom. The minimum absolute atomic E-state index is 0. The van der Waals surface area contributed by atoms with Gasteiger partial charge in [0.1, 0.15) is 12.7 Å². The maximum Gasteiger partial charge on any atom is 0.253 e. The van der Waals surface area contributed by atoms with E-state index in [-0.39, 0.29) is 18.3 Å². The van der Waals surface area contributed by atoms with Gasteiger partial charge in [-0.1, -0.05) is 30.3 Å². The van der Waals surface area contributed by atoms with E-state index in [4.69, 9.17) is 0 Å². The van der Waals surface area contributed by atoms with Crippen molar-refractivity contribution >= 4 is 18.3 Å². The van der Waals surface area contributed by atoms with Gasteiger partial charge in [0.2, 0.25) is 0 Å². The Morgan fingerprint density at radius 1 is 1.06 bits per heavy atom. The van der Waals surface area contributed by atoms with Gasteiger partial charge < -0.3 is 9.80 Å². The van der Waals surface area contributed by atoms with E-state index in [2.05, 4.69) is 52.4 Å². The van der Waals surface area contributed by atoms with Crippen LogP contribution >= 0.6 is 12.4 Å². The Hall–Kier alpha value is -2.70. The topological polar surface area (TPSA) is 54.3 Å². The van der Waals surface area contributed by atoms with E-state index in [0.717, 1.165) is 56.6 Å². The number of hydrogen-bond donors (Lipinski definition) is 0. The highest BCUT2D eigenvalue weighted by atomic mass is 35.5. The average molecular weight is 440 g/mol. The van der Waals surface area contributed by atoms with Gasteiger partial charge >= 0.3 is 0 Å². The van der Waals surface area contributed by atoms with Crippen LogP contribution in [-0.2, 0) is 6.42 Å². The number of aromatic nitrogens is 3. The summed E-state index contributed by atoms with van der Waals surface area (Å²) in [6, 6.07) is 18.8. The number of carbonyl (C=O) groups is 1. The lowest BCUT2D eigenvalue weighted by molar-refractivity contribution is 0.0645. The van der Waals surface area contributed by atoms with Gasteiger partial charge in [0.15, 0.2) is 0 Å². The van der Waals surface area contributed by atoms with Gasteiger partial charge in [-0.2, -0.15) is 5.10 Å². The largest absolute Gasteiger partial charge is 0.339 e. The Bertz CT molecular complexity index is 922. The molecule has 1 fully saturated rings. The number of carbonyl (C=O) groups excluding carboxylic acids is 1.